The summed E-state index contributed by atoms with van der Waals surface area (Å²) in [7, 11) is 1.62. The second kappa shape index (κ2) is 7.91. The van der Waals surface area contributed by atoms with Gasteiger partial charge < -0.3 is 30.1 Å². The molecule has 1 aliphatic heterocycles. The molecular formula is C19H23N5O5. The first-order valence-corrected chi connectivity index (χ1v) is 9.24. The van der Waals surface area contributed by atoms with Crippen LogP contribution >= 0.6 is 0 Å². The van der Waals surface area contributed by atoms with E-state index in [4.69, 9.17) is 9.47 Å². The minimum atomic E-state index is -1.21. The fraction of sp³-hybridized carbons (Fsp3) is 0.421. The number of ether oxygens (including phenoxy) is 2. The maximum absolute atomic E-state index is 10.3. The summed E-state index contributed by atoms with van der Waals surface area (Å²) in [5, 5.41) is 32.9. The zero-order valence-electron chi connectivity index (χ0n) is 16.0. The third kappa shape index (κ3) is 3.51. The topological polar surface area (TPSA) is 135 Å². The monoisotopic (exact) mass is 401 g/mol. The minimum absolute atomic E-state index is 0.0573. The molecule has 10 nitrogen and oxygen atoms in total. The van der Waals surface area contributed by atoms with Crippen LogP contribution in [0, 0.1) is 0 Å². The van der Waals surface area contributed by atoms with Gasteiger partial charge in [0.15, 0.2) is 23.2 Å². The van der Waals surface area contributed by atoms with Crippen molar-refractivity contribution in [2.45, 2.75) is 37.5 Å². The SMILES string of the molecule is COc1ccc([C@H](C)Nc2ncnc3c2ncn3C2OC(CO)C(O)C2O)cc1. The lowest BCUT2D eigenvalue weighted by Crippen LogP contribution is -2.33. The van der Waals surface area contributed by atoms with Crippen LogP contribution in [0.1, 0.15) is 24.8 Å². The zero-order chi connectivity index (χ0) is 20.5. The van der Waals surface area contributed by atoms with Crippen molar-refractivity contribution in [2.75, 3.05) is 19.0 Å². The Morgan fingerprint density at radius 3 is 2.59 bits per heavy atom. The molecule has 2 aromatic heterocycles. The highest BCUT2D eigenvalue weighted by molar-refractivity contribution is 5.82. The second-order valence-electron chi connectivity index (χ2n) is 6.91. The van der Waals surface area contributed by atoms with Crippen molar-refractivity contribution in [1.29, 1.82) is 0 Å². The van der Waals surface area contributed by atoms with Crippen LogP contribution < -0.4 is 10.1 Å². The van der Waals surface area contributed by atoms with Crippen LogP contribution in [0.4, 0.5) is 5.82 Å². The molecule has 4 N–H and O–H groups in total. The molecule has 0 amide bonds. The summed E-state index contributed by atoms with van der Waals surface area (Å²) in [6.07, 6.45) is -1.32. The van der Waals surface area contributed by atoms with Gasteiger partial charge in [0.05, 0.1) is 26.1 Å². The maximum Gasteiger partial charge on any atom is 0.167 e. The van der Waals surface area contributed by atoms with Crippen LogP contribution in [0.2, 0.25) is 0 Å². The number of anilines is 1. The maximum atomic E-state index is 10.3. The minimum Gasteiger partial charge on any atom is -0.497 e. The molecular weight excluding hydrogens is 378 g/mol. The highest BCUT2D eigenvalue weighted by atomic mass is 16.6. The first-order chi connectivity index (χ1) is 14.0. The first kappa shape index (κ1) is 19.5. The molecule has 0 saturated carbocycles. The number of hydrogen-bond donors (Lipinski definition) is 4. The molecule has 29 heavy (non-hydrogen) atoms. The number of rotatable bonds is 6. The van der Waals surface area contributed by atoms with Gasteiger partial charge >= 0.3 is 0 Å². The lowest BCUT2D eigenvalue weighted by Gasteiger charge is -2.17. The summed E-state index contributed by atoms with van der Waals surface area (Å²) in [5.74, 6) is 1.31. The van der Waals surface area contributed by atoms with Gasteiger partial charge in [0.25, 0.3) is 0 Å². The Morgan fingerprint density at radius 2 is 1.93 bits per heavy atom. The number of nitrogens with zero attached hydrogens (tertiary/aromatic N) is 4. The number of nitrogens with one attached hydrogen (secondary N) is 1. The van der Waals surface area contributed by atoms with Gasteiger partial charge in [0.1, 0.15) is 30.4 Å². The summed E-state index contributed by atoms with van der Waals surface area (Å²) in [5.41, 5.74) is 1.99. The van der Waals surface area contributed by atoms with Gasteiger partial charge in [-0.15, -0.1) is 0 Å². The van der Waals surface area contributed by atoms with Crippen molar-refractivity contribution in [1.82, 2.24) is 19.5 Å². The Morgan fingerprint density at radius 1 is 1.17 bits per heavy atom. The number of hydrogen-bond acceptors (Lipinski definition) is 9. The quantitative estimate of drug-likeness (QED) is 0.469. The summed E-state index contributed by atoms with van der Waals surface area (Å²) in [6.45, 7) is 1.60. The number of imidazole rings is 1. The van der Waals surface area contributed by atoms with E-state index in [0.29, 0.717) is 17.0 Å². The van der Waals surface area contributed by atoms with E-state index in [-0.39, 0.29) is 6.04 Å². The van der Waals surface area contributed by atoms with E-state index in [1.807, 2.05) is 31.2 Å². The number of aliphatic hydroxyl groups is 3. The average molecular weight is 401 g/mol. The number of aliphatic hydroxyl groups excluding tert-OH is 3. The van der Waals surface area contributed by atoms with Crippen LogP contribution in [0.5, 0.6) is 5.75 Å². The summed E-state index contributed by atoms with van der Waals surface area (Å²) in [6, 6.07) is 7.65. The fourth-order valence-corrected chi connectivity index (χ4v) is 3.43. The molecule has 154 valence electrons. The van der Waals surface area contributed by atoms with Gasteiger partial charge in [0.2, 0.25) is 0 Å². The smallest absolute Gasteiger partial charge is 0.167 e. The number of aromatic nitrogens is 4. The van der Waals surface area contributed by atoms with Crippen molar-refractivity contribution >= 4 is 17.0 Å². The Hall–Kier alpha value is -2.79. The van der Waals surface area contributed by atoms with Gasteiger partial charge in [-0.25, -0.2) is 15.0 Å². The predicted molar refractivity (Wildman–Crippen MR) is 103 cm³/mol. The highest BCUT2D eigenvalue weighted by Crippen LogP contribution is 2.32. The number of methoxy groups -OCH3 is 1. The lowest BCUT2D eigenvalue weighted by atomic mass is 10.1. The van der Waals surface area contributed by atoms with Crippen molar-refractivity contribution in [2.24, 2.45) is 0 Å². The van der Waals surface area contributed by atoms with Crippen molar-refractivity contribution in [3.05, 3.63) is 42.5 Å². The fourth-order valence-electron chi connectivity index (χ4n) is 3.43. The van der Waals surface area contributed by atoms with Gasteiger partial charge in [-0.3, -0.25) is 4.57 Å². The van der Waals surface area contributed by atoms with E-state index in [1.165, 1.54) is 17.2 Å². The molecule has 1 aromatic carbocycles. The number of fused-ring (bicyclic) bond motifs is 1. The highest BCUT2D eigenvalue weighted by Gasteiger charge is 2.44. The molecule has 1 fully saturated rings. The van der Waals surface area contributed by atoms with Crippen LogP contribution in [0.15, 0.2) is 36.9 Å². The van der Waals surface area contributed by atoms with E-state index in [2.05, 4.69) is 20.3 Å². The summed E-state index contributed by atoms with van der Waals surface area (Å²) < 4.78 is 12.3. The predicted octanol–water partition coefficient (Wildman–Crippen LogP) is 0.619. The second-order valence-corrected chi connectivity index (χ2v) is 6.91. The van der Waals surface area contributed by atoms with E-state index in [0.717, 1.165) is 11.3 Å². The van der Waals surface area contributed by atoms with Crippen LogP contribution in [0.25, 0.3) is 11.2 Å². The molecule has 3 heterocycles. The Kier molecular flexibility index (Phi) is 5.33. The standard InChI is InChI=1S/C19H23N5O5/c1-10(11-3-5-12(28-2)6-4-11)23-17-14-18(21-8-20-17)24(9-22-14)19-16(27)15(26)13(7-25)29-19/h3-6,8-10,13,15-16,19,25-27H,7H2,1-2H3,(H,20,21,23)/t10-,13?,15?,16?,19?/m0/s1. The van der Waals surface area contributed by atoms with Gasteiger partial charge in [-0.2, -0.15) is 0 Å². The molecule has 0 radical (unpaired) electrons. The van der Waals surface area contributed by atoms with Crippen LogP contribution in [-0.2, 0) is 4.74 Å². The summed E-state index contributed by atoms with van der Waals surface area (Å²) in [4.78, 5) is 12.9. The van der Waals surface area contributed by atoms with E-state index >= 15 is 0 Å². The average Bonchev–Trinajstić information content (AvgIpc) is 3.30. The first-order valence-electron chi connectivity index (χ1n) is 9.24. The lowest BCUT2D eigenvalue weighted by molar-refractivity contribution is -0.0511. The van der Waals surface area contributed by atoms with Gasteiger partial charge in [0, 0.05) is 0 Å². The van der Waals surface area contributed by atoms with Crippen molar-refractivity contribution in [3.63, 3.8) is 0 Å². The molecule has 0 spiro atoms. The van der Waals surface area contributed by atoms with E-state index < -0.39 is 31.1 Å². The van der Waals surface area contributed by atoms with Gasteiger partial charge in [-0.1, -0.05) is 12.1 Å². The van der Waals surface area contributed by atoms with Crippen molar-refractivity contribution in [3.8, 4) is 5.75 Å². The number of benzene rings is 1. The Labute approximate surface area is 166 Å². The third-order valence-corrected chi connectivity index (χ3v) is 5.12. The van der Waals surface area contributed by atoms with E-state index in [9.17, 15) is 15.3 Å². The van der Waals surface area contributed by atoms with Crippen molar-refractivity contribution < 1.29 is 24.8 Å². The largest absolute Gasteiger partial charge is 0.497 e. The molecule has 4 rings (SSSR count). The zero-order valence-corrected chi connectivity index (χ0v) is 16.0. The Balaban J connectivity index is 1.60. The molecule has 0 bridgehead atoms. The molecule has 1 saturated heterocycles. The Bertz CT molecular complexity index is 979. The molecule has 0 aliphatic carbocycles. The summed E-state index contributed by atoms with van der Waals surface area (Å²) >= 11 is 0. The third-order valence-electron chi connectivity index (χ3n) is 5.12. The molecule has 4 unspecified atom stereocenters. The van der Waals surface area contributed by atoms with Crippen LogP contribution in [0.3, 0.4) is 0 Å². The molecule has 10 heteroatoms. The molecule has 5 atom stereocenters. The normalized spacial score (nSPS) is 25.3. The van der Waals surface area contributed by atoms with Crippen LogP contribution in [-0.4, -0.2) is 66.9 Å². The van der Waals surface area contributed by atoms with Gasteiger partial charge in [-0.05, 0) is 24.6 Å². The molecule has 1 aliphatic rings. The van der Waals surface area contributed by atoms with E-state index in [1.54, 1.807) is 7.11 Å². The molecule has 3 aromatic rings.